The van der Waals surface area contributed by atoms with E-state index in [1.54, 1.807) is 24.3 Å². The van der Waals surface area contributed by atoms with Gasteiger partial charge in [0.15, 0.2) is 0 Å². The summed E-state index contributed by atoms with van der Waals surface area (Å²) < 4.78 is 0. The van der Waals surface area contributed by atoms with Gasteiger partial charge in [-0.3, -0.25) is 9.59 Å². The highest BCUT2D eigenvalue weighted by atomic mass is 35.5. The molecule has 1 aliphatic heterocycles. The first-order chi connectivity index (χ1) is 13.6. The van der Waals surface area contributed by atoms with Gasteiger partial charge in [-0.15, -0.1) is 0 Å². The number of amides is 2. The number of piperidine rings is 1. The van der Waals surface area contributed by atoms with E-state index in [-0.39, 0.29) is 11.8 Å². The number of hydrogen-bond acceptors (Lipinski definition) is 3. The Morgan fingerprint density at radius 3 is 2.11 bits per heavy atom. The van der Waals surface area contributed by atoms with E-state index < -0.39 is 5.41 Å². The van der Waals surface area contributed by atoms with Crippen LogP contribution in [-0.2, 0) is 9.59 Å². The molecule has 0 aromatic heterocycles. The fraction of sp³-hybridized carbons (Fsp3) is 0.364. The van der Waals surface area contributed by atoms with Gasteiger partial charge >= 0.3 is 0 Å². The van der Waals surface area contributed by atoms with Crippen molar-refractivity contribution in [2.75, 3.05) is 28.6 Å². The minimum atomic E-state index is -0.992. The number of hydrogen-bond donors (Lipinski definition) is 2. The average molecular weight is 398 g/mol. The summed E-state index contributed by atoms with van der Waals surface area (Å²) in [5.74, 6) is -0.532. The largest absolute Gasteiger partial charge is 0.372 e. The van der Waals surface area contributed by atoms with Gasteiger partial charge in [-0.2, -0.15) is 0 Å². The molecule has 1 aliphatic carbocycles. The fourth-order valence-corrected chi connectivity index (χ4v) is 3.85. The predicted octanol–water partition coefficient (Wildman–Crippen LogP) is 4.69. The third kappa shape index (κ3) is 3.99. The Morgan fingerprint density at radius 1 is 0.857 bits per heavy atom. The van der Waals surface area contributed by atoms with Crippen molar-refractivity contribution < 1.29 is 9.59 Å². The lowest BCUT2D eigenvalue weighted by Gasteiger charge is -2.28. The Bertz CT molecular complexity index is 872. The van der Waals surface area contributed by atoms with Gasteiger partial charge in [0.1, 0.15) is 5.41 Å². The van der Waals surface area contributed by atoms with Crippen LogP contribution in [0.4, 0.5) is 17.1 Å². The van der Waals surface area contributed by atoms with Crippen molar-refractivity contribution in [1.82, 2.24) is 0 Å². The van der Waals surface area contributed by atoms with Crippen LogP contribution in [0.3, 0.4) is 0 Å². The molecule has 28 heavy (non-hydrogen) atoms. The molecule has 0 spiro atoms. The van der Waals surface area contributed by atoms with Crippen molar-refractivity contribution in [3.8, 4) is 0 Å². The van der Waals surface area contributed by atoms with Crippen LogP contribution < -0.4 is 15.5 Å². The van der Waals surface area contributed by atoms with Gasteiger partial charge in [0.05, 0.1) is 0 Å². The zero-order chi connectivity index (χ0) is 19.6. The molecule has 4 rings (SSSR count). The minimum absolute atomic E-state index is 0.252. The van der Waals surface area contributed by atoms with Gasteiger partial charge in [-0.25, -0.2) is 0 Å². The molecule has 2 aromatic rings. The number of rotatable bonds is 5. The molecule has 2 aliphatic rings. The van der Waals surface area contributed by atoms with Crippen molar-refractivity contribution >= 4 is 40.5 Å². The zero-order valence-corrected chi connectivity index (χ0v) is 16.5. The topological polar surface area (TPSA) is 61.4 Å². The van der Waals surface area contributed by atoms with E-state index in [4.69, 9.17) is 11.6 Å². The van der Waals surface area contributed by atoms with E-state index in [0.717, 1.165) is 13.1 Å². The highest BCUT2D eigenvalue weighted by Gasteiger charge is 2.56. The third-order valence-corrected chi connectivity index (χ3v) is 5.78. The van der Waals surface area contributed by atoms with E-state index in [2.05, 4.69) is 15.5 Å². The number of nitrogens with zero attached hydrogens (tertiary/aromatic N) is 1. The molecule has 2 amide bonds. The molecule has 5 nitrogen and oxygen atoms in total. The molecule has 2 N–H and O–H groups in total. The second-order valence-electron chi connectivity index (χ2n) is 7.60. The van der Waals surface area contributed by atoms with Gasteiger partial charge in [-0.05, 0) is 74.6 Å². The molecule has 1 saturated heterocycles. The SMILES string of the molecule is O=C(Nc1ccc(N2CCCCC2)cc1)C1(C(=O)Nc2cccc(Cl)c2)CC1. The zero-order valence-electron chi connectivity index (χ0n) is 15.7. The van der Waals surface area contributed by atoms with E-state index >= 15 is 0 Å². The number of benzene rings is 2. The predicted molar refractivity (Wildman–Crippen MR) is 113 cm³/mol. The molecule has 146 valence electrons. The monoisotopic (exact) mass is 397 g/mol. The van der Waals surface area contributed by atoms with Gasteiger partial charge in [-0.1, -0.05) is 17.7 Å². The number of carbonyl (C=O) groups is 2. The fourth-order valence-electron chi connectivity index (χ4n) is 3.66. The van der Waals surface area contributed by atoms with E-state index in [9.17, 15) is 9.59 Å². The number of nitrogens with one attached hydrogen (secondary N) is 2. The maximum atomic E-state index is 12.8. The summed E-state index contributed by atoms with van der Waals surface area (Å²) in [6.45, 7) is 2.16. The molecule has 2 aromatic carbocycles. The molecular weight excluding hydrogens is 374 g/mol. The first-order valence-electron chi connectivity index (χ1n) is 9.80. The van der Waals surface area contributed by atoms with Gasteiger partial charge in [0, 0.05) is 35.2 Å². The van der Waals surface area contributed by atoms with Crippen LogP contribution >= 0.6 is 11.6 Å². The Labute approximate surface area is 170 Å². The van der Waals surface area contributed by atoms with Gasteiger partial charge < -0.3 is 15.5 Å². The highest BCUT2D eigenvalue weighted by molar-refractivity contribution is 6.31. The molecule has 0 unspecified atom stereocenters. The van der Waals surface area contributed by atoms with Crippen LogP contribution in [0.5, 0.6) is 0 Å². The summed E-state index contributed by atoms with van der Waals surface area (Å²) in [5.41, 5.74) is 1.50. The van der Waals surface area contributed by atoms with Crippen molar-refractivity contribution in [2.45, 2.75) is 32.1 Å². The van der Waals surface area contributed by atoms with Gasteiger partial charge in [0.2, 0.25) is 11.8 Å². The Morgan fingerprint density at radius 2 is 1.50 bits per heavy atom. The lowest BCUT2D eigenvalue weighted by atomic mass is 10.0. The van der Waals surface area contributed by atoms with E-state index in [1.165, 1.54) is 24.9 Å². The molecule has 0 radical (unpaired) electrons. The van der Waals surface area contributed by atoms with Crippen molar-refractivity contribution in [3.63, 3.8) is 0 Å². The van der Waals surface area contributed by atoms with Crippen LogP contribution in [0.1, 0.15) is 32.1 Å². The smallest absolute Gasteiger partial charge is 0.240 e. The van der Waals surface area contributed by atoms with Crippen LogP contribution in [0.2, 0.25) is 5.02 Å². The quantitative estimate of drug-likeness (QED) is 0.719. The maximum absolute atomic E-state index is 12.8. The van der Waals surface area contributed by atoms with Crippen molar-refractivity contribution in [3.05, 3.63) is 53.6 Å². The molecule has 1 heterocycles. The number of halogens is 1. The minimum Gasteiger partial charge on any atom is -0.372 e. The summed E-state index contributed by atoms with van der Waals surface area (Å²) in [6.07, 6.45) is 4.85. The lowest BCUT2D eigenvalue weighted by Crippen LogP contribution is -2.35. The standard InChI is InChI=1S/C22H24ClN3O2/c23-16-5-4-6-18(15-16)25-21(28)22(11-12-22)20(27)24-17-7-9-19(10-8-17)26-13-2-1-3-14-26/h4-10,15H,1-3,11-14H2,(H,24,27)(H,25,28). The van der Waals surface area contributed by atoms with Crippen LogP contribution in [0.15, 0.2) is 48.5 Å². The maximum Gasteiger partial charge on any atom is 0.240 e. The first-order valence-corrected chi connectivity index (χ1v) is 10.2. The highest BCUT2D eigenvalue weighted by Crippen LogP contribution is 2.47. The normalized spacial score (nSPS) is 17.7. The Balaban J connectivity index is 1.39. The lowest BCUT2D eigenvalue weighted by molar-refractivity contribution is -0.131. The molecule has 0 bridgehead atoms. The summed E-state index contributed by atoms with van der Waals surface area (Å²) in [7, 11) is 0. The Kier molecular flexibility index (Phi) is 5.27. The first kappa shape index (κ1) is 18.8. The van der Waals surface area contributed by atoms with Gasteiger partial charge in [0.25, 0.3) is 0 Å². The van der Waals surface area contributed by atoms with E-state index in [0.29, 0.717) is 29.2 Å². The van der Waals surface area contributed by atoms with Crippen molar-refractivity contribution in [2.24, 2.45) is 5.41 Å². The van der Waals surface area contributed by atoms with E-state index in [1.807, 2.05) is 24.3 Å². The second-order valence-corrected chi connectivity index (χ2v) is 8.03. The molecule has 1 saturated carbocycles. The summed E-state index contributed by atoms with van der Waals surface area (Å²) in [5, 5.41) is 6.26. The molecular formula is C22H24ClN3O2. The third-order valence-electron chi connectivity index (χ3n) is 5.55. The Hall–Kier alpha value is -2.53. The molecule has 2 fully saturated rings. The number of carbonyl (C=O) groups excluding carboxylic acids is 2. The van der Waals surface area contributed by atoms with Crippen LogP contribution in [0, 0.1) is 5.41 Å². The number of anilines is 3. The average Bonchev–Trinajstić information content (AvgIpc) is 3.51. The second kappa shape index (κ2) is 7.84. The molecule has 6 heteroatoms. The summed E-state index contributed by atoms with van der Waals surface area (Å²) in [4.78, 5) is 27.8. The molecule has 0 atom stereocenters. The van der Waals surface area contributed by atoms with Crippen LogP contribution in [0.25, 0.3) is 0 Å². The summed E-state index contributed by atoms with van der Waals surface area (Å²) >= 11 is 5.96. The summed E-state index contributed by atoms with van der Waals surface area (Å²) in [6, 6.07) is 14.8. The van der Waals surface area contributed by atoms with Crippen LogP contribution in [-0.4, -0.2) is 24.9 Å². The van der Waals surface area contributed by atoms with Crippen molar-refractivity contribution in [1.29, 1.82) is 0 Å².